The van der Waals surface area contributed by atoms with Crippen LogP contribution in [-0.2, 0) is 7.05 Å². The lowest BCUT2D eigenvalue weighted by Gasteiger charge is -2.04. The van der Waals surface area contributed by atoms with Gasteiger partial charge in [0, 0.05) is 13.0 Å². The second-order valence-electron chi connectivity index (χ2n) is 3.83. The fourth-order valence-corrected chi connectivity index (χ4v) is 1.64. The predicted octanol–water partition coefficient (Wildman–Crippen LogP) is 1.65. The minimum atomic E-state index is -0.332. The van der Waals surface area contributed by atoms with Crippen molar-refractivity contribution in [2.45, 2.75) is 25.7 Å². The molecule has 1 unspecified atom stereocenters. The Labute approximate surface area is 76.7 Å². The third-order valence-electron chi connectivity index (χ3n) is 2.82. The first kappa shape index (κ1) is 8.53. The van der Waals surface area contributed by atoms with Gasteiger partial charge in [-0.1, -0.05) is 6.92 Å². The van der Waals surface area contributed by atoms with Gasteiger partial charge in [-0.25, -0.2) is 4.39 Å². The zero-order valence-electron chi connectivity index (χ0n) is 7.92. The van der Waals surface area contributed by atoms with Crippen molar-refractivity contribution in [3.63, 3.8) is 0 Å². The Morgan fingerprint density at radius 3 is 2.62 bits per heavy atom. The van der Waals surface area contributed by atoms with Crippen molar-refractivity contribution in [2.75, 3.05) is 5.73 Å². The summed E-state index contributed by atoms with van der Waals surface area (Å²) in [6, 6.07) is 0. The molecule has 1 aliphatic rings. The smallest absolute Gasteiger partial charge is 0.188 e. The van der Waals surface area contributed by atoms with E-state index in [1.807, 2.05) is 6.92 Å². The lowest BCUT2D eigenvalue weighted by atomic mass is 10.0. The SMILES string of the molecule is CC(c1nn(C)c(N)c1F)C1CC1. The van der Waals surface area contributed by atoms with Crippen LogP contribution in [0.15, 0.2) is 0 Å². The molecule has 0 aromatic carbocycles. The number of nitrogens with zero attached hydrogens (tertiary/aromatic N) is 2. The molecule has 4 heteroatoms. The number of aromatic nitrogens is 2. The van der Waals surface area contributed by atoms with E-state index >= 15 is 0 Å². The summed E-state index contributed by atoms with van der Waals surface area (Å²) in [4.78, 5) is 0. The molecule has 1 fully saturated rings. The maximum absolute atomic E-state index is 13.5. The van der Waals surface area contributed by atoms with Crippen LogP contribution in [0, 0.1) is 11.7 Å². The zero-order chi connectivity index (χ0) is 9.59. The average Bonchev–Trinajstić information content (AvgIpc) is 2.89. The molecular formula is C9H14FN3. The number of rotatable bonds is 2. The third kappa shape index (κ3) is 1.30. The number of halogens is 1. The minimum Gasteiger partial charge on any atom is -0.381 e. The second kappa shape index (κ2) is 2.72. The van der Waals surface area contributed by atoms with Gasteiger partial charge in [0.15, 0.2) is 11.6 Å². The Morgan fingerprint density at radius 2 is 2.23 bits per heavy atom. The van der Waals surface area contributed by atoms with Crippen molar-refractivity contribution in [1.29, 1.82) is 0 Å². The fourth-order valence-electron chi connectivity index (χ4n) is 1.64. The first-order valence-electron chi connectivity index (χ1n) is 4.59. The van der Waals surface area contributed by atoms with Gasteiger partial charge in [0.1, 0.15) is 5.69 Å². The molecule has 0 aliphatic heterocycles. The number of hydrogen-bond acceptors (Lipinski definition) is 2. The van der Waals surface area contributed by atoms with Gasteiger partial charge in [0.2, 0.25) is 0 Å². The molecule has 0 bridgehead atoms. The summed E-state index contributed by atoms with van der Waals surface area (Å²) in [7, 11) is 1.67. The summed E-state index contributed by atoms with van der Waals surface area (Å²) in [6.45, 7) is 2.02. The highest BCUT2D eigenvalue weighted by atomic mass is 19.1. The fraction of sp³-hybridized carbons (Fsp3) is 0.667. The van der Waals surface area contributed by atoms with Gasteiger partial charge in [-0.05, 0) is 18.8 Å². The van der Waals surface area contributed by atoms with E-state index in [2.05, 4.69) is 5.10 Å². The molecule has 2 N–H and O–H groups in total. The molecule has 3 nitrogen and oxygen atoms in total. The number of aryl methyl sites for hydroxylation is 1. The zero-order valence-corrected chi connectivity index (χ0v) is 7.92. The van der Waals surface area contributed by atoms with Crippen LogP contribution >= 0.6 is 0 Å². The van der Waals surface area contributed by atoms with Crippen molar-refractivity contribution in [3.8, 4) is 0 Å². The van der Waals surface area contributed by atoms with E-state index in [1.54, 1.807) is 7.05 Å². The molecule has 13 heavy (non-hydrogen) atoms. The lowest BCUT2D eigenvalue weighted by Crippen LogP contribution is -2.00. The van der Waals surface area contributed by atoms with Crippen molar-refractivity contribution < 1.29 is 4.39 Å². The molecule has 0 amide bonds. The van der Waals surface area contributed by atoms with E-state index in [0.29, 0.717) is 11.6 Å². The molecule has 1 aromatic heterocycles. The van der Waals surface area contributed by atoms with Crippen LogP contribution in [0.4, 0.5) is 10.2 Å². The van der Waals surface area contributed by atoms with E-state index in [-0.39, 0.29) is 17.6 Å². The molecular weight excluding hydrogens is 169 g/mol. The van der Waals surface area contributed by atoms with Crippen LogP contribution in [-0.4, -0.2) is 9.78 Å². The molecule has 0 radical (unpaired) electrons. The molecule has 1 heterocycles. The maximum atomic E-state index is 13.5. The van der Waals surface area contributed by atoms with Crippen LogP contribution in [0.5, 0.6) is 0 Å². The molecule has 0 spiro atoms. The summed E-state index contributed by atoms with van der Waals surface area (Å²) in [6.07, 6.45) is 2.38. The van der Waals surface area contributed by atoms with Crippen molar-refractivity contribution >= 4 is 5.82 Å². The molecule has 72 valence electrons. The highest BCUT2D eigenvalue weighted by molar-refractivity contribution is 5.35. The minimum absolute atomic E-state index is 0.141. The number of hydrogen-bond donors (Lipinski definition) is 1. The van der Waals surface area contributed by atoms with Gasteiger partial charge >= 0.3 is 0 Å². The second-order valence-corrected chi connectivity index (χ2v) is 3.83. The van der Waals surface area contributed by atoms with Crippen molar-refractivity contribution in [1.82, 2.24) is 9.78 Å². The summed E-state index contributed by atoms with van der Waals surface area (Å²) in [5.41, 5.74) is 6.02. The van der Waals surface area contributed by atoms with Crippen LogP contribution in [0.25, 0.3) is 0 Å². The van der Waals surface area contributed by atoms with Crippen molar-refractivity contribution in [3.05, 3.63) is 11.5 Å². The van der Waals surface area contributed by atoms with Crippen molar-refractivity contribution in [2.24, 2.45) is 13.0 Å². The first-order chi connectivity index (χ1) is 6.11. The van der Waals surface area contributed by atoms with Gasteiger partial charge in [-0.15, -0.1) is 0 Å². The normalized spacial score (nSPS) is 19.0. The molecule has 1 saturated carbocycles. The van der Waals surface area contributed by atoms with Gasteiger partial charge < -0.3 is 5.73 Å². The topological polar surface area (TPSA) is 43.8 Å². The van der Waals surface area contributed by atoms with Crippen LogP contribution < -0.4 is 5.73 Å². The molecule has 1 aromatic rings. The number of nitrogens with two attached hydrogens (primary N) is 1. The lowest BCUT2D eigenvalue weighted by molar-refractivity contribution is 0.560. The van der Waals surface area contributed by atoms with Gasteiger partial charge in [0.25, 0.3) is 0 Å². The Hall–Kier alpha value is -1.06. The molecule has 1 aliphatic carbocycles. The summed E-state index contributed by atoms with van der Waals surface area (Å²) in [5, 5.41) is 4.09. The van der Waals surface area contributed by atoms with Gasteiger partial charge in [0.05, 0.1) is 0 Å². The van der Waals surface area contributed by atoms with E-state index in [1.165, 1.54) is 17.5 Å². The Morgan fingerprint density at radius 1 is 1.62 bits per heavy atom. The number of anilines is 1. The highest BCUT2D eigenvalue weighted by Crippen LogP contribution is 2.42. The average molecular weight is 183 g/mol. The largest absolute Gasteiger partial charge is 0.381 e. The summed E-state index contributed by atoms with van der Waals surface area (Å²) >= 11 is 0. The Kier molecular flexibility index (Phi) is 1.78. The molecule has 2 rings (SSSR count). The molecule has 1 atom stereocenters. The monoisotopic (exact) mass is 183 g/mol. The molecule has 0 saturated heterocycles. The number of nitrogen functional groups attached to an aromatic ring is 1. The standard InChI is InChI=1S/C9H14FN3/c1-5(6-3-4-6)8-7(10)9(11)13(2)12-8/h5-6H,3-4,11H2,1-2H3. The van der Waals surface area contributed by atoms with Gasteiger partial charge in [-0.3, -0.25) is 4.68 Å². The van der Waals surface area contributed by atoms with E-state index in [9.17, 15) is 4.39 Å². The quantitative estimate of drug-likeness (QED) is 0.757. The first-order valence-corrected chi connectivity index (χ1v) is 4.59. The predicted molar refractivity (Wildman–Crippen MR) is 48.7 cm³/mol. The highest BCUT2D eigenvalue weighted by Gasteiger charge is 2.33. The van der Waals surface area contributed by atoms with Crippen LogP contribution in [0.2, 0.25) is 0 Å². The van der Waals surface area contributed by atoms with Crippen LogP contribution in [0.3, 0.4) is 0 Å². The van der Waals surface area contributed by atoms with Crippen LogP contribution in [0.1, 0.15) is 31.4 Å². The Bertz CT molecular complexity index is 328. The summed E-state index contributed by atoms with van der Waals surface area (Å²) in [5.74, 6) is 0.636. The summed E-state index contributed by atoms with van der Waals surface area (Å²) < 4.78 is 14.9. The van der Waals surface area contributed by atoms with Gasteiger partial charge in [-0.2, -0.15) is 5.10 Å². The van der Waals surface area contributed by atoms with E-state index in [0.717, 1.165) is 0 Å². The van der Waals surface area contributed by atoms with E-state index < -0.39 is 0 Å². The van der Waals surface area contributed by atoms with E-state index in [4.69, 9.17) is 5.73 Å². The Balaban J connectivity index is 2.33. The third-order valence-corrected chi connectivity index (χ3v) is 2.82. The maximum Gasteiger partial charge on any atom is 0.188 e.